The molecule has 5 rings (SSSR count). The van der Waals surface area contributed by atoms with Crippen molar-refractivity contribution in [3.8, 4) is 5.75 Å². The molecule has 4 aromatic rings. The predicted molar refractivity (Wildman–Crippen MR) is 194 cm³/mol. The molecule has 258 valence electrons. The van der Waals surface area contributed by atoms with E-state index in [2.05, 4.69) is 5.32 Å². The summed E-state index contributed by atoms with van der Waals surface area (Å²) in [5.74, 6) is -0.111. The Bertz CT molecular complexity index is 1840. The average molecular weight is 682 g/mol. The van der Waals surface area contributed by atoms with Gasteiger partial charge in [-0.15, -0.1) is 0 Å². The number of benzene rings is 4. The lowest BCUT2D eigenvalue weighted by Gasteiger charge is -2.35. The average Bonchev–Trinajstić information content (AvgIpc) is 3.10. The fraction of sp³-hybridized carbons (Fsp3) is 0.350. The van der Waals surface area contributed by atoms with Gasteiger partial charge < -0.3 is 15.0 Å². The number of anilines is 1. The minimum absolute atomic E-state index is 0.0296. The fourth-order valence-corrected chi connectivity index (χ4v) is 7.98. The van der Waals surface area contributed by atoms with Crippen LogP contribution in [0.5, 0.6) is 5.75 Å². The molecule has 4 aromatic carbocycles. The largest absolute Gasteiger partial charge is 0.497 e. The summed E-state index contributed by atoms with van der Waals surface area (Å²) in [6.45, 7) is 5.26. The summed E-state index contributed by atoms with van der Waals surface area (Å²) in [7, 11) is -2.60. The maximum Gasteiger partial charge on any atom is 0.264 e. The topological polar surface area (TPSA) is 96.0 Å². The van der Waals surface area contributed by atoms with Crippen molar-refractivity contribution < 1.29 is 22.7 Å². The molecule has 1 fully saturated rings. The Morgan fingerprint density at radius 1 is 0.816 bits per heavy atom. The van der Waals surface area contributed by atoms with Crippen LogP contribution in [0.4, 0.5) is 5.69 Å². The van der Waals surface area contributed by atoms with Crippen LogP contribution in [0.1, 0.15) is 59.9 Å². The highest BCUT2D eigenvalue weighted by Crippen LogP contribution is 2.29. The number of aryl methyl sites for hydroxylation is 3. The number of amides is 2. The van der Waals surface area contributed by atoms with E-state index in [4.69, 9.17) is 4.74 Å². The van der Waals surface area contributed by atoms with Crippen LogP contribution in [0.3, 0.4) is 0 Å². The highest BCUT2D eigenvalue weighted by molar-refractivity contribution is 7.92. The normalized spacial score (nSPS) is 14.1. The molecule has 1 saturated carbocycles. The first kappa shape index (κ1) is 35.7. The van der Waals surface area contributed by atoms with Gasteiger partial charge in [0.1, 0.15) is 18.3 Å². The number of nitrogens with one attached hydrogen (secondary N) is 1. The van der Waals surface area contributed by atoms with Gasteiger partial charge in [0.15, 0.2) is 0 Å². The maximum absolute atomic E-state index is 14.8. The van der Waals surface area contributed by atoms with Crippen LogP contribution in [-0.4, -0.2) is 50.9 Å². The van der Waals surface area contributed by atoms with Gasteiger partial charge in [0.2, 0.25) is 11.8 Å². The molecule has 8 nitrogen and oxygen atoms in total. The summed E-state index contributed by atoms with van der Waals surface area (Å²) in [6.07, 6.45) is 5.28. The molecule has 2 amide bonds. The van der Waals surface area contributed by atoms with Gasteiger partial charge in [0.25, 0.3) is 10.0 Å². The molecule has 0 bridgehead atoms. The summed E-state index contributed by atoms with van der Waals surface area (Å²) in [5.41, 5.74) is 4.68. The Hall–Kier alpha value is -4.63. The molecule has 0 heterocycles. The van der Waals surface area contributed by atoms with E-state index in [9.17, 15) is 18.0 Å². The minimum Gasteiger partial charge on any atom is -0.497 e. The van der Waals surface area contributed by atoms with Gasteiger partial charge in [-0.05, 0) is 80.6 Å². The molecule has 1 atom stereocenters. The quantitative estimate of drug-likeness (QED) is 0.166. The van der Waals surface area contributed by atoms with Gasteiger partial charge >= 0.3 is 0 Å². The highest BCUT2D eigenvalue weighted by atomic mass is 32.2. The third kappa shape index (κ3) is 9.09. The van der Waals surface area contributed by atoms with E-state index in [1.165, 1.54) is 4.31 Å². The number of carbonyl (C=O) groups excluding carboxylic acids is 2. The Morgan fingerprint density at radius 3 is 2.16 bits per heavy atom. The lowest BCUT2D eigenvalue weighted by molar-refractivity contribution is -0.140. The Balaban J connectivity index is 1.59. The molecule has 0 unspecified atom stereocenters. The monoisotopic (exact) mass is 681 g/mol. The summed E-state index contributed by atoms with van der Waals surface area (Å²) in [6, 6.07) is 28.3. The van der Waals surface area contributed by atoms with Crippen LogP contribution in [0.15, 0.2) is 102 Å². The van der Waals surface area contributed by atoms with Crippen LogP contribution in [0.2, 0.25) is 0 Å². The van der Waals surface area contributed by atoms with Gasteiger partial charge in [0, 0.05) is 19.0 Å². The number of ether oxygens (including phenoxy) is 1. The van der Waals surface area contributed by atoms with Crippen molar-refractivity contribution in [1.82, 2.24) is 10.2 Å². The molecule has 1 N–H and O–H groups in total. The molecular formula is C40H47N3O5S. The van der Waals surface area contributed by atoms with Crippen LogP contribution >= 0.6 is 0 Å². The molecule has 1 aliphatic carbocycles. The third-order valence-electron chi connectivity index (χ3n) is 9.22. The Kier molecular flexibility index (Phi) is 11.8. The first-order chi connectivity index (χ1) is 23.5. The lowest BCUT2D eigenvalue weighted by Crippen LogP contribution is -2.55. The lowest BCUT2D eigenvalue weighted by atomic mass is 9.94. The maximum atomic E-state index is 14.8. The fourth-order valence-electron chi connectivity index (χ4n) is 6.50. The molecule has 1 aliphatic rings. The molecule has 9 heteroatoms. The first-order valence-corrected chi connectivity index (χ1v) is 18.4. The number of nitrogens with zero attached hydrogens (tertiary/aromatic N) is 2. The van der Waals surface area contributed by atoms with Crippen molar-refractivity contribution in [2.75, 3.05) is 18.0 Å². The second kappa shape index (κ2) is 16.2. The van der Waals surface area contributed by atoms with Gasteiger partial charge in [-0.1, -0.05) is 97.1 Å². The van der Waals surface area contributed by atoms with Crippen LogP contribution in [0, 0.1) is 20.8 Å². The number of sulfonamides is 1. The second-order valence-corrected chi connectivity index (χ2v) is 14.9. The van der Waals surface area contributed by atoms with Gasteiger partial charge in [-0.25, -0.2) is 8.42 Å². The van der Waals surface area contributed by atoms with E-state index in [-0.39, 0.29) is 29.8 Å². The van der Waals surface area contributed by atoms with E-state index in [0.29, 0.717) is 11.4 Å². The van der Waals surface area contributed by atoms with Crippen molar-refractivity contribution in [2.45, 2.75) is 82.8 Å². The zero-order valence-corrected chi connectivity index (χ0v) is 29.7. The molecular weight excluding hydrogens is 635 g/mol. The molecule has 0 aromatic heterocycles. The minimum atomic E-state index is -4.18. The van der Waals surface area contributed by atoms with Crippen LogP contribution in [0.25, 0.3) is 0 Å². The van der Waals surface area contributed by atoms with Crippen molar-refractivity contribution in [2.24, 2.45) is 0 Å². The number of hydrogen-bond donors (Lipinski definition) is 1. The van der Waals surface area contributed by atoms with Gasteiger partial charge in [-0.3, -0.25) is 13.9 Å². The van der Waals surface area contributed by atoms with E-state index in [1.54, 1.807) is 42.3 Å². The first-order valence-electron chi connectivity index (χ1n) is 17.0. The number of carbonyl (C=O) groups is 2. The van der Waals surface area contributed by atoms with E-state index >= 15 is 0 Å². The van der Waals surface area contributed by atoms with Crippen molar-refractivity contribution in [3.63, 3.8) is 0 Å². The van der Waals surface area contributed by atoms with Crippen molar-refractivity contribution in [1.29, 1.82) is 0 Å². The van der Waals surface area contributed by atoms with Crippen LogP contribution in [-0.2, 0) is 32.6 Å². The SMILES string of the molecule is COc1cccc(CN(C(=O)CN(c2ccc(C)cc2C)S(=O)(=O)c2ccc(C)cc2)[C@H](Cc2ccccc2)C(=O)NC2CCCCC2)c1. The smallest absolute Gasteiger partial charge is 0.264 e. The standard InChI is InChI=1S/C40H47N3O5S/c1-29-18-21-36(22-19-29)49(46,47)43(37-23-20-30(2)24-31(37)3)28-39(44)42(27-33-14-11-17-35(25-33)48-4)38(26-32-12-7-5-8-13-32)40(45)41-34-15-9-6-10-16-34/h5,7-8,11-14,17-25,34,38H,6,9-10,15-16,26-28H2,1-4H3,(H,41,45)/t38-/m1/s1. The third-order valence-corrected chi connectivity index (χ3v) is 11.0. The predicted octanol–water partition coefficient (Wildman–Crippen LogP) is 6.90. The summed E-state index contributed by atoms with van der Waals surface area (Å²) < 4.78 is 35.5. The highest BCUT2D eigenvalue weighted by Gasteiger charge is 2.36. The van der Waals surface area contributed by atoms with E-state index in [1.807, 2.05) is 87.5 Å². The van der Waals surface area contributed by atoms with Crippen molar-refractivity contribution in [3.05, 3.63) is 125 Å². The van der Waals surface area contributed by atoms with Crippen molar-refractivity contribution >= 4 is 27.5 Å². The zero-order chi connectivity index (χ0) is 35.0. The summed E-state index contributed by atoms with van der Waals surface area (Å²) in [4.78, 5) is 30.8. The molecule has 49 heavy (non-hydrogen) atoms. The number of methoxy groups -OCH3 is 1. The zero-order valence-electron chi connectivity index (χ0n) is 28.9. The number of hydrogen-bond acceptors (Lipinski definition) is 5. The molecule has 0 aliphatic heterocycles. The Labute approximate surface area is 291 Å². The molecule has 0 spiro atoms. The molecule has 0 radical (unpaired) electrons. The van der Waals surface area contributed by atoms with Crippen LogP contribution < -0.4 is 14.4 Å². The number of rotatable bonds is 13. The van der Waals surface area contributed by atoms with E-state index < -0.39 is 28.5 Å². The van der Waals surface area contributed by atoms with Gasteiger partial charge in [-0.2, -0.15) is 0 Å². The summed E-state index contributed by atoms with van der Waals surface area (Å²) >= 11 is 0. The van der Waals surface area contributed by atoms with Gasteiger partial charge in [0.05, 0.1) is 17.7 Å². The second-order valence-electron chi connectivity index (χ2n) is 13.0. The Morgan fingerprint density at radius 2 is 1.49 bits per heavy atom. The summed E-state index contributed by atoms with van der Waals surface area (Å²) in [5, 5.41) is 3.26. The van der Waals surface area contributed by atoms with E-state index in [0.717, 1.165) is 59.9 Å². The molecule has 0 saturated heterocycles.